The van der Waals surface area contributed by atoms with E-state index in [2.05, 4.69) is 0 Å². The fourth-order valence-electron chi connectivity index (χ4n) is 0.335. The second-order valence-electron chi connectivity index (χ2n) is 3.26. The second kappa shape index (κ2) is 9.00. The zero-order valence-corrected chi connectivity index (χ0v) is 9.97. The van der Waals surface area contributed by atoms with Crippen molar-refractivity contribution >= 4 is 22.8 Å². The van der Waals surface area contributed by atoms with Crippen LogP contribution in [0, 0.1) is 11.8 Å². The monoisotopic (exact) mass is 222 g/mol. The van der Waals surface area contributed by atoms with Gasteiger partial charge in [0.15, 0.2) is 0 Å². The molecule has 0 aliphatic heterocycles. The van der Waals surface area contributed by atoms with Gasteiger partial charge >= 0.3 is 5.97 Å². The maximum absolute atomic E-state index is 10.1. The third-order valence-corrected chi connectivity index (χ3v) is 2.41. The number of carbonyl (C=O) groups is 2. The van der Waals surface area contributed by atoms with E-state index in [9.17, 15) is 9.59 Å². The van der Waals surface area contributed by atoms with Crippen LogP contribution in [0.3, 0.4) is 0 Å². The minimum atomic E-state index is -0.706. The molecule has 0 radical (unpaired) electrons. The van der Waals surface area contributed by atoms with E-state index in [1.165, 1.54) is 0 Å². The Balaban J connectivity index is 0. The summed E-state index contributed by atoms with van der Waals surface area (Å²) in [5, 5.41) is 7.95. The Bertz CT molecular complexity index is 160. The Kier molecular flexibility index (Phi) is 10.2. The molecule has 14 heavy (non-hydrogen) atoms. The lowest BCUT2D eigenvalue weighted by atomic mass is 10.1. The molecular weight excluding hydrogens is 204 g/mol. The number of hydrogen-bond donors (Lipinski definition) is 1. The van der Waals surface area contributed by atoms with Gasteiger partial charge < -0.3 is 5.11 Å². The standard InChI is InChI=1S/C5H9ClO.C5H10O2/c2*1-3-4(2)5(6)7/h4H,3H2,1-2H3;4H,3H2,1-2H3,(H,6,7)/t2*4-/m00/s1. The number of carboxylic acids is 1. The third-order valence-electron chi connectivity index (χ3n) is 2.03. The van der Waals surface area contributed by atoms with E-state index in [1.807, 2.05) is 20.8 Å². The van der Waals surface area contributed by atoms with Crippen LogP contribution in [-0.4, -0.2) is 16.3 Å². The first-order valence-electron chi connectivity index (χ1n) is 4.78. The highest BCUT2D eigenvalue weighted by Gasteiger charge is 2.05. The van der Waals surface area contributed by atoms with Crippen LogP contribution in [0.4, 0.5) is 0 Å². The second-order valence-corrected chi connectivity index (χ2v) is 3.63. The van der Waals surface area contributed by atoms with Gasteiger partial charge in [-0.05, 0) is 24.4 Å². The summed E-state index contributed by atoms with van der Waals surface area (Å²) in [5.41, 5.74) is 0. The number of aliphatic carboxylic acids is 1. The van der Waals surface area contributed by atoms with Crippen LogP contribution in [0.2, 0.25) is 0 Å². The van der Waals surface area contributed by atoms with E-state index in [-0.39, 0.29) is 17.1 Å². The largest absolute Gasteiger partial charge is 0.481 e. The van der Waals surface area contributed by atoms with Gasteiger partial charge in [-0.2, -0.15) is 0 Å². The summed E-state index contributed by atoms with van der Waals surface area (Å²) in [6.45, 7) is 7.31. The summed E-state index contributed by atoms with van der Waals surface area (Å²) in [6, 6.07) is 0. The van der Waals surface area contributed by atoms with Crippen molar-refractivity contribution in [3.63, 3.8) is 0 Å². The van der Waals surface area contributed by atoms with Crippen LogP contribution in [0.15, 0.2) is 0 Å². The molecule has 0 saturated heterocycles. The molecule has 84 valence electrons. The van der Waals surface area contributed by atoms with E-state index < -0.39 is 5.97 Å². The third kappa shape index (κ3) is 9.52. The average molecular weight is 223 g/mol. The summed E-state index contributed by atoms with van der Waals surface area (Å²) < 4.78 is 0. The van der Waals surface area contributed by atoms with E-state index in [0.29, 0.717) is 0 Å². The van der Waals surface area contributed by atoms with Gasteiger partial charge in [0.2, 0.25) is 5.24 Å². The Morgan fingerprint density at radius 1 is 1.14 bits per heavy atom. The van der Waals surface area contributed by atoms with E-state index >= 15 is 0 Å². The molecule has 0 unspecified atom stereocenters. The van der Waals surface area contributed by atoms with Gasteiger partial charge in [0.05, 0.1) is 5.92 Å². The summed E-state index contributed by atoms with van der Waals surface area (Å²) >= 11 is 5.09. The van der Waals surface area contributed by atoms with Crippen molar-refractivity contribution in [3.05, 3.63) is 0 Å². The van der Waals surface area contributed by atoms with Crippen molar-refractivity contribution in [1.29, 1.82) is 0 Å². The van der Waals surface area contributed by atoms with Gasteiger partial charge in [-0.15, -0.1) is 0 Å². The maximum Gasteiger partial charge on any atom is 0.306 e. The molecule has 0 rings (SSSR count). The highest BCUT2D eigenvalue weighted by molar-refractivity contribution is 6.63. The van der Waals surface area contributed by atoms with Crippen molar-refractivity contribution < 1.29 is 14.7 Å². The minimum Gasteiger partial charge on any atom is -0.481 e. The fraction of sp³-hybridized carbons (Fsp3) is 0.800. The predicted octanol–water partition coefficient (Wildman–Crippen LogP) is 2.92. The first kappa shape index (κ1) is 15.9. The molecule has 0 heterocycles. The molecule has 0 aliphatic carbocycles. The fourth-order valence-corrected chi connectivity index (χ4v) is 0.489. The number of carbonyl (C=O) groups excluding carboxylic acids is 1. The number of hydrogen-bond acceptors (Lipinski definition) is 2. The highest BCUT2D eigenvalue weighted by Crippen LogP contribution is 2.03. The zero-order valence-electron chi connectivity index (χ0n) is 9.21. The van der Waals surface area contributed by atoms with Crippen molar-refractivity contribution in [3.8, 4) is 0 Å². The molecular formula is C10H19ClO3. The summed E-state index contributed by atoms with van der Waals surface area (Å²) in [5.74, 6) is -0.857. The summed E-state index contributed by atoms with van der Waals surface area (Å²) in [6.07, 6.45) is 1.55. The van der Waals surface area contributed by atoms with Crippen LogP contribution in [-0.2, 0) is 9.59 Å². The lowest BCUT2D eigenvalue weighted by Crippen LogP contribution is -2.06. The molecule has 0 amide bonds. The van der Waals surface area contributed by atoms with Crippen molar-refractivity contribution in [2.24, 2.45) is 11.8 Å². The van der Waals surface area contributed by atoms with Gasteiger partial charge in [0, 0.05) is 5.92 Å². The van der Waals surface area contributed by atoms with E-state index in [1.54, 1.807) is 6.92 Å². The number of carboxylic acid groups (broad SMARTS) is 1. The Hall–Kier alpha value is -0.570. The molecule has 0 aromatic rings. The maximum atomic E-state index is 10.1. The smallest absolute Gasteiger partial charge is 0.306 e. The quantitative estimate of drug-likeness (QED) is 0.745. The van der Waals surface area contributed by atoms with Gasteiger partial charge in [0.1, 0.15) is 0 Å². The van der Waals surface area contributed by atoms with Crippen LogP contribution < -0.4 is 0 Å². The molecule has 0 aliphatic rings. The van der Waals surface area contributed by atoms with Crippen LogP contribution in [0.5, 0.6) is 0 Å². The van der Waals surface area contributed by atoms with Crippen molar-refractivity contribution in [1.82, 2.24) is 0 Å². The Labute approximate surface area is 90.5 Å². The minimum absolute atomic E-state index is 0.0293. The van der Waals surface area contributed by atoms with Gasteiger partial charge in [-0.1, -0.05) is 27.7 Å². The Morgan fingerprint density at radius 2 is 1.50 bits per heavy atom. The molecule has 3 nitrogen and oxygen atoms in total. The molecule has 1 N–H and O–H groups in total. The molecule has 0 bridgehead atoms. The van der Waals surface area contributed by atoms with Crippen LogP contribution in [0.25, 0.3) is 0 Å². The molecule has 0 aromatic heterocycles. The number of rotatable bonds is 4. The topological polar surface area (TPSA) is 54.4 Å². The average Bonchev–Trinajstić information content (AvgIpc) is 2.15. The SMILES string of the molecule is CC[C@H](C)C(=O)Cl.CC[C@H](C)C(=O)O. The zero-order chi connectivity index (χ0) is 11.7. The normalized spacial score (nSPS) is 13.5. The first-order chi connectivity index (χ1) is 6.36. The van der Waals surface area contributed by atoms with E-state index in [0.717, 1.165) is 12.8 Å². The summed E-state index contributed by atoms with van der Waals surface area (Å²) in [7, 11) is 0. The predicted molar refractivity (Wildman–Crippen MR) is 57.4 cm³/mol. The van der Waals surface area contributed by atoms with Gasteiger partial charge in [-0.25, -0.2) is 0 Å². The van der Waals surface area contributed by atoms with Gasteiger partial charge in [-0.3, -0.25) is 9.59 Å². The Morgan fingerprint density at radius 3 is 1.50 bits per heavy atom. The molecule has 0 aromatic carbocycles. The van der Waals surface area contributed by atoms with Crippen LogP contribution >= 0.6 is 11.6 Å². The molecule has 0 saturated carbocycles. The van der Waals surface area contributed by atoms with E-state index in [4.69, 9.17) is 16.7 Å². The highest BCUT2D eigenvalue weighted by atomic mass is 35.5. The van der Waals surface area contributed by atoms with Crippen molar-refractivity contribution in [2.45, 2.75) is 40.5 Å². The lowest BCUT2D eigenvalue weighted by Gasteiger charge is -1.96. The van der Waals surface area contributed by atoms with Crippen molar-refractivity contribution in [2.75, 3.05) is 0 Å². The molecule has 0 fully saturated rings. The first-order valence-corrected chi connectivity index (χ1v) is 5.16. The van der Waals surface area contributed by atoms with Crippen LogP contribution in [0.1, 0.15) is 40.5 Å². The lowest BCUT2D eigenvalue weighted by molar-refractivity contribution is -0.141. The van der Waals surface area contributed by atoms with Gasteiger partial charge in [0.25, 0.3) is 0 Å². The molecule has 0 spiro atoms. The number of halogens is 1. The molecule has 4 heteroatoms. The summed E-state index contributed by atoms with van der Waals surface area (Å²) in [4.78, 5) is 20.1. The molecule has 2 atom stereocenters.